The predicted molar refractivity (Wildman–Crippen MR) is 108 cm³/mol. The maximum absolute atomic E-state index is 12.1. The molecule has 0 unspecified atom stereocenters. The minimum atomic E-state index is -0.185. The molecule has 3 rings (SSSR count). The normalized spacial score (nSPS) is 10.4. The van der Waals surface area contributed by atoms with Crippen LogP contribution in [0.2, 0.25) is 0 Å². The van der Waals surface area contributed by atoms with Crippen molar-refractivity contribution in [3.63, 3.8) is 0 Å². The molecule has 6 nitrogen and oxygen atoms in total. The second-order valence-corrected chi connectivity index (χ2v) is 7.51. The summed E-state index contributed by atoms with van der Waals surface area (Å²) in [6, 6.07) is 11.3. The SMILES string of the molecule is COc1ccc(CCNC(=O)Cc2csc(NC(=O)c3cccs3)n2)cc1. The van der Waals surface area contributed by atoms with E-state index in [-0.39, 0.29) is 18.2 Å². The molecule has 1 aromatic carbocycles. The number of aromatic nitrogens is 1. The Hall–Kier alpha value is -2.71. The molecule has 2 N–H and O–H groups in total. The molecule has 2 aromatic heterocycles. The van der Waals surface area contributed by atoms with Gasteiger partial charge in [0.15, 0.2) is 5.13 Å². The van der Waals surface area contributed by atoms with Crippen molar-refractivity contribution in [2.24, 2.45) is 0 Å². The van der Waals surface area contributed by atoms with Crippen LogP contribution >= 0.6 is 22.7 Å². The van der Waals surface area contributed by atoms with Crippen LogP contribution in [0.25, 0.3) is 0 Å². The van der Waals surface area contributed by atoms with Gasteiger partial charge >= 0.3 is 0 Å². The third-order valence-corrected chi connectivity index (χ3v) is 5.43. The summed E-state index contributed by atoms with van der Waals surface area (Å²) in [4.78, 5) is 29.0. The molecular formula is C19H19N3O3S2. The van der Waals surface area contributed by atoms with Crippen molar-refractivity contribution < 1.29 is 14.3 Å². The Balaban J connectivity index is 1.42. The number of benzene rings is 1. The minimum Gasteiger partial charge on any atom is -0.497 e. The lowest BCUT2D eigenvalue weighted by Crippen LogP contribution is -2.27. The number of hydrogen-bond donors (Lipinski definition) is 2. The number of carbonyl (C=O) groups is 2. The summed E-state index contributed by atoms with van der Waals surface area (Å²) in [7, 11) is 1.63. The van der Waals surface area contributed by atoms with E-state index in [2.05, 4.69) is 15.6 Å². The molecule has 2 heterocycles. The van der Waals surface area contributed by atoms with Crippen LogP contribution in [-0.2, 0) is 17.6 Å². The van der Waals surface area contributed by atoms with Crippen molar-refractivity contribution in [3.8, 4) is 5.75 Å². The van der Waals surface area contributed by atoms with E-state index in [0.29, 0.717) is 22.2 Å². The van der Waals surface area contributed by atoms with Crippen LogP contribution in [0.4, 0.5) is 5.13 Å². The Morgan fingerprint density at radius 2 is 1.96 bits per heavy atom. The van der Waals surface area contributed by atoms with Gasteiger partial charge in [0.1, 0.15) is 5.75 Å². The van der Waals surface area contributed by atoms with Gasteiger partial charge in [-0.25, -0.2) is 4.98 Å². The fourth-order valence-corrected chi connectivity index (χ4v) is 3.70. The largest absolute Gasteiger partial charge is 0.497 e. The first-order valence-electron chi connectivity index (χ1n) is 8.33. The zero-order chi connectivity index (χ0) is 19.1. The smallest absolute Gasteiger partial charge is 0.267 e. The average Bonchev–Trinajstić information content (AvgIpc) is 3.34. The van der Waals surface area contributed by atoms with Gasteiger partial charge in [-0.2, -0.15) is 0 Å². The number of thiazole rings is 1. The zero-order valence-corrected chi connectivity index (χ0v) is 16.4. The molecule has 27 heavy (non-hydrogen) atoms. The van der Waals surface area contributed by atoms with E-state index in [1.54, 1.807) is 18.6 Å². The van der Waals surface area contributed by atoms with E-state index in [1.807, 2.05) is 35.7 Å². The molecule has 8 heteroatoms. The molecule has 0 radical (unpaired) electrons. The first-order chi connectivity index (χ1) is 13.1. The summed E-state index contributed by atoms with van der Waals surface area (Å²) in [5.41, 5.74) is 1.77. The molecule has 0 spiro atoms. The van der Waals surface area contributed by atoms with Gasteiger partial charge in [-0.15, -0.1) is 22.7 Å². The standard InChI is InChI=1S/C19H19N3O3S2/c1-25-15-6-4-13(5-7-15)8-9-20-17(23)11-14-12-27-19(21-14)22-18(24)16-3-2-10-26-16/h2-7,10,12H,8-9,11H2,1H3,(H,20,23)(H,21,22,24). The summed E-state index contributed by atoms with van der Waals surface area (Å²) >= 11 is 2.68. The maximum atomic E-state index is 12.1. The van der Waals surface area contributed by atoms with Gasteiger partial charge in [0, 0.05) is 11.9 Å². The number of nitrogens with zero attached hydrogens (tertiary/aromatic N) is 1. The van der Waals surface area contributed by atoms with Gasteiger partial charge in [-0.1, -0.05) is 18.2 Å². The molecular weight excluding hydrogens is 382 g/mol. The average molecular weight is 402 g/mol. The molecule has 140 valence electrons. The number of carbonyl (C=O) groups excluding carboxylic acids is 2. The van der Waals surface area contributed by atoms with Gasteiger partial charge in [-0.05, 0) is 35.6 Å². The molecule has 0 aliphatic rings. The van der Waals surface area contributed by atoms with Gasteiger partial charge in [-0.3, -0.25) is 14.9 Å². The number of rotatable bonds is 8. The van der Waals surface area contributed by atoms with E-state index < -0.39 is 0 Å². The first-order valence-corrected chi connectivity index (χ1v) is 10.1. The fourth-order valence-electron chi connectivity index (χ4n) is 2.38. The molecule has 3 aromatic rings. The van der Waals surface area contributed by atoms with Gasteiger partial charge < -0.3 is 10.1 Å². The summed E-state index contributed by atoms with van der Waals surface area (Å²) in [6.45, 7) is 0.553. The van der Waals surface area contributed by atoms with Crippen LogP contribution in [0.3, 0.4) is 0 Å². The number of ether oxygens (including phenoxy) is 1. The van der Waals surface area contributed by atoms with Crippen LogP contribution in [0, 0.1) is 0 Å². The van der Waals surface area contributed by atoms with E-state index >= 15 is 0 Å². The molecule has 0 atom stereocenters. The zero-order valence-electron chi connectivity index (χ0n) is 14.7. The molecule has 0 saturated carbocycles. The lowest BCUT2D eigenvalue weighted by atomic mass is 10.1. The third-order valence-electron chi connectivity index (χ3n) is 3.75. The summed E-state index contributed by atoms with van der Waals surface area (Å²) < 4.78 is 5.12. The van der Waals surface area contributed by atoms with Gasteiger partial charge in [0.05, 0.1) is 24.1 Å². The summed E-state index contributed by atoms with van der Waals surface area (Å²) in [5.74, 6) is 0.535. The monoisotopic (exact) mass is 401 g/mol. The Labute approximate surface area is 165 Å². The number of hydrogen-bond acceptors (Lipinski definition) is 6. The van der Waals surface area contributed by atoms with Gasteiger partial charge in [0.2, 0.25) is 5.91 Å². The molecule has 0 aliphatic heterocycles. The van der Waals surface area contributed by atoms with Crippen molar-refractivity contribution >= 4 is 39.6 Å². The van der Waals surface area contributed by atoms with Gasteiger partial charge in [0.25, 0.3) is 5.91 Å². The van der Waals surface area contributed by atoms with Crippen molar-refractivity contribution in [2.45, 2.75) is 12.8 Å². The quantitative estimate of drug-likeness (QED) is 0.606. The van der Waals surface area contributed by atoms with Crippen molar-refractivity contribution in [2.75, 3.05) is 19.0 Å². The Morgan fingerprint density at radius 1 is 1.15 bits per heavy atom. The van der Waals surface area contributed by atoms with Crippen LogP contribution in [-0.4, -0.2) is 30.5 Å². The number of methoxy groups -OCH3 is 1. The lowest BCUT2D eigenvalue weighted by molar-refractivity contribution is -0.120. The lowest BCUT2D eigenvalue weighted by Gasteiger charge is -2.05. The topological polar surface area (TPSA) is 80.3 Å². The number of thiophene rings is 1. The third kappa shape index (κ3) is 5.63. The highest BCUT2D eigenvalue weighted by Crippen LogP contribution is 2.18. The highest BCUT2D eigenvalue weighted by Gasteiger charge is 2.11. The second kappa shape index (κ2) is 9.29. The van der Waals surface area contributed by atoms with E-state index in [9.17, 15) is 9.59 Å². The fraction of sp³-hybridized carbons (Fsp3) is 0.211. The minimum absolute atomic E-state index is 0.0926. The van der Waals surface area contributed by atoms with Crippen LogP contribution in [0.1, 0.15) is 20.9 Å². The maximum Gasteiger partial charge on any atom is 0.267 e. The van der Waals surface area contributed by atoms with Crippen LogP contribution in [0.5, 0.6) is 5.75 Å². The highest BCUT2D eigenvalue weighted by molar-refractivity contribution is 7.14. The number of nitrogens with one attached hydrogen (secondary N) is 2. The Morgan fingerprint density at radius 3 is 2.67 bits per heavy atom. The van der Waals surface area contributed by atoms with E-state index in [0.717, 1.165) is 17.7 Å². The predicted octanol–water partition coefficient (Wildman–Crippen LogP) is 3.37. The number of amides is 2. The number of anilines is 1. The van der Waals surface area contributed by atoms with E-state index in [4.69, 9.17) is 4.74 Å². The molecule has 0 fully saturated rings. The van der Waals surface area contributed by atoms with Crippen LogP contribution in [0.15, 0.2) is 47.2 Å². The van der Waals surface area contributed by atoms with Crippen molar-refractivity contribution in [3.05, 3.63) is 63.3 Å². The van der Waals surface area contributed by atoms with E-state index in [1.165, 1.54) is 22.7 Å². The Bertz CT molecular complexity index is 889. The molecule has 0 saturated heterocycles. The molecule has 0 aliphatic carbocycles. The second-order valence-electron chi connectivity index (χ2n) is 5.70. The summed E-state index contributed by atoms with van der Waals surface area (Å²) in [6.07, 6.45) is 0.933. The van der Waals surface area contributed by atoms with Crippen molar-refractivity contribution in [1.82, 2.24) is 10.3 Å². The highest BCUT2D eigenvalue weighted by atomic mass is 32.1. The summed E-state index contributed by atoms with van der Waals surface area (Å²) in [5, 5.41) is 9.76. The van der Waals surface area contributed by atoms with Crippen LogP contribution < -0.4 is 15.4 Å². The molecule has 0 bridgehead atoms. The Kier molecular flexibility index (Phi) is 6.56. The first kappa shape index (κ1) is 19.1. The molecule has 2 amide bonds. The van der Waals surface area contributed by atoms with Crippen molar-refractivity contribution in [1.29, 1.82) is 0 Å².